The van der Waals surface area contributed by atoms with E-state index in [1.807, 2.05) is 18.2 Å². The van der Waals surface area contributed by atoms with Gasteiger partial charge in [-0.05, 0) is 87.9 Å². The van der Waals surface area contributed by atoms with Gasteiger partial charge >= 0.3 is 0 Å². The van der Waals surface area contributed by atoms with Gasteiger partial charge in [-0.15, -0.1) is 0 Å². The van der Waals surface area contributed by atoms with Gasteiger partial charge in [-0.3, -0.25) is 10.3 Å². The van der Waals surface area contributed by atoms with Gasteiger partial charge in [0.25, 0.3) is 0 Å². The van der Waals surface area contributed by atoms with Crippen LogP contribution in [-0.2, 0) is 0 Å². The molecule has 9 rings (SSSR count). The van der Waals surface area contributed by atoms with Crippen molar-refractivity contribution in [3.05, 3.63) is 180 Å². The third-order valence-corrected chi connectivity index (χ3v) is 9.74. The van der Waals surface area contributed by atoms with Gasteiger partial charge in [-0.25, -0.2) is 0 Å². The van der Waals surface area contributed by atoms with E-state index in [1.54, 1.807) is 0 Å². The van der Waals surface area contributed by atoms with Crippen molar-refractivity contribution < 1.29 is 0 Å². The Balaban J connectivity index is 1.25. The van der Waals surface area contributed by atoms with Crippen molar-refractivity contribution in [3.8, 4) is 0 Å². The Morgan fingerprint density at radius 2 is 0.938 bits per heavy atom. The Morgan fingerprint density at radius 1 is 0.417 bits per heavy atom. The summed E-state index contributed by atoms with van der Waals surface area (Å²) in [5.41, 5.74) is 10.0. The molecule has 0 saturated carbocycles. The summed E-state index contributed by atoms with van der Waals surface area (Å²) in [6, 6.07) is 58.2. The smallest absolute Gasteiger partial charge is 0.127 e. The summed E-state index contributed by atoms with van der Waals surface area (Å²) in [4.78, 5) is 5.34. The second-order valence-electron chi connectivity index (χ2n) is 12.5. The van der Waals surface area contributed by atoms with Gasteiger partial charge in [0, 0.05) is 11.8 Å². The Kier molecular flexibility index (Phi) is 6.93. The summed E-state index contributed by atoms with van der Waals surface area (Å²) in [6.45, 7) is 0. The van der Waals surface area contributed by atoms with Crippen molar-refractivity contribution in [2.24, 2.45) is 10.7 Å². The SMILES string of the molecule is NC(NC(/N=C/c1c2ccccc2cc2c1ccc1ccccc12)c1ccc2c3ccccc3c3ccccc3c2c1)c1ccccc1. The van der Waals surface area contributed by atoms with Crippen LogP contribution in [0.15, 0.2) is 169 Å². The first-order chi connectivity index (χ1) is 23.7. The molecule has 3 N–H and O–H groups in total. The highest BCUT2D eigenvalue weighted by Crippen LogP contribution is 2.37. The first-order valence-electron chi connectivity index (χ1n) is 16.5. The summed E-state index contributed by atoms with van der Waals surface area (Å²) < 4.78 is 0. The van der Waals surface area contributed by atoms with Gasteiger partial charge in [0.2, 0.25) is 0 Å². The van der Waals surface area contributed by atoms with Crippen molar-refractivity contribution in [3.63, 3.8) is 0 Å². The molecule has 0 spiro atoms. The molecule has 3 nitrogen and oxygen atoms in total. The highest BCUT2D eigenvalue weighted by atomic mass is 15.1. The first-order valence-corrected chi connectivity index (χ1v) is 16.5. The molecule has 0 aromatic heterocycles. The van der Waals surface area contributed by atoms with Crippen LogP contribution in [0.4, 0.5) is 0 Å². The van der Waals surface area contributed by atoms with Gasteiger partial charge < -0.3 is 5.73 Å². The largest absolute Gasteiger partial charge is 0.312 e. The maximum Gasteiger partial charge on any atom is 0.127 e. The zero-order valence-electron chi connectivity index (χ0n) is 26.3. The lowest BCUT2D eigenvalue weighted by Crippen LogP contribution is -2.31. The molecule has 9 aromatic rings. The minimum Gasteiger partial charge on any atom is -0.312 e. The lowest BCUT2D eigenvalue weighted by molar-refractivity contribution is 0.467. The molecule has 48 heavy (non-hydrogen) atoms. The minimum absolute atomic E-state index is 0.399. The van der Waals surface area contributed by atoms with Gasteiger partial charge in [0.1, 0.15) is 6.17 Å². The standard InChI is InChI=1S/C45H33N3/c46-44(30-13-2-1-3-14-30)48-45(32-23-25-39-37-20-9-8-18-35(37)36-19-10-11-21-38(36)42(39)27-32)47-28-43-34-17-7-5-15-31(34)26-41-33-16-6-4-12-29(33)22-24-40(41)43/h1-28,44-45,48H,46H2/b47-28+. The summed E-state index contributed by atoms with van der Waals surface area (Å²) >= 11 is 0. The molecular formula is C45H33N3. The van der Waals surface area contributed by atoms with Crippen LogP contribution in [0.5, 0.6) is 0 Å². The lowest BCUT2D eigenvalue weighted by atomic mass is 9.92. The van der Waals surface area contributed by atoms with Gasteiger partial charge in [-0.1, -0.05) is 152 Å². The summed E-state index contributed by atoms with van der Waals surface area (Å²) in [6.07, 6.45) is 1.24. The van der Waals surface area contributed by atoms with Crippen molar-refractivity contribution >= 4 is 70.8 Å². The average Bonchev–Trinajstić information content (AvgIpc) is 3.16. The van der Waals surface area contributed by atoms with Gasteiger partial charge in [-0.2, -0.15) is 0 Å². The fourth-order valence-electron chi connectivity index (χ4n) is 7.39. The van der Waals surface area contributed by atoms with Crippen molar-refractivity contribution in [2.45, 2.75) is 12.3 Å². The van der Waals surface area contributed by atoms with E-state index >= 15 is 0 Å². The number of nitrogens with one attached hydrogen (secondary N) is 1. The number of hydrogen-bond acceptors (Lipinski definition) is 3. The van der Waals surface area contributed by atoms with Gasteiger partial charge in [0.15, 0.2) is 0 Å². The van der Waals surface area contributed by atoms with Crippen molar-refractivity contribution in [1.29, 1.82) is 0 Å². The van der Waals surface area contributed by atoms with E-state index in [4.69, 9.17) is 10.7 Å². The molecule has 228 valence electrons. The number of nitrogens with two attached hydrogens (primary N) is 1. The molecule has 0 heterocycles. The number of aliphatic imine (C=N–C) groups is 1. The molecule has 2 atom stereocenters. The molecule has 0 saturated heterocycles. The third-order valence-electron chi connectivity index (χ3n) is 9.74. The van der Waals surface area contributed by atoms with Crippen LogP contribution in [0.3, 0.4) is 0 Å². The average molecular weight is 616 g/mol. The molecule has 0 aliphatic rings. The van der Waals surface area contributed by atoms with E-state index in [9.17, 15) is 0 Å². The first kappa shape index (κ1) is 28.4. The third kappa shape index (κ3) is 4.80. The van der Waals surface area contributed by atoms with E-state index in [0.29, 0.717) is 0 Å². The Bertz CT molecular complexity index is 2640. The summed E-state index contributed by atoms with van der Waals surface area (Å²) in [5, 5.41) is 18.4. The summed E-state index contributed by atoms with van der Waals surface area (Å²) in [5.74, 6) is 0. The number of nitrogens with zero attached hydrogens (tertiary/aromatic N) is 1. The van der Waals surface area contributed by atoms with Crippen LogP contribution in [0.2, 0.25) is 0 Å². The minimum atomic E-state index is -0.411. The molecule has 0 radical (unpaired) electrons. The van der Waals surface area contributed by atoms with E-state index in [2.05, 4.69) is 157 Å². The molecule has 2 unspecified atom stereocenters. The predicted octanol–water partition coefficient (Wildman–Crippen LogP) is 11.0. The molecule has 9 aromatic carbocycles. The van der Waals surface area contributed by atoms with Crippen LogP contribution < -0.4 is 11.1 Å². The fraction of sp³-hybridized carbons (Fsp3) is 0.0444. The normalized spacial score (nSPS) is 13.4. The maximum absolute atomic E-state index is 6.84. The second-order valence-corrected chi connectivity index (χ2v) is 12.5. The zero-order valence-corrected chi connectivity index (χ0v) is 26.3. The zero-order chi connectivity index (χ0) is 32.0. The van der Waals surface area contributed by atoms with Crippen molar-refractivity contribution in [1.82, 2.24) is 5.32 Å². The Hall–Kier alpha value is -5.87. The Labute approximate surface area is 279 Å². The second kappa shape index (κ2) is 11.7. The fourth-order valence-corrected chi connectivity index (χ4v) is 7.39. The number of fused-ring (bicyclic) bond motifs is 10. The summed E-state index contributed by atoms with van der Waals surface area (Å²) in [7, 11) is 0. The number of benzene rings is 9. The predicted molar refractivity (Wildman–Crippen MR) is 205 cm³/mol. The lowest BCUT2D eigenvalue weighted by Gasteiger charge is -2.22. The van der Waals surface area contributed by atoms with Crippen LogP contribution in [0.25, 0.3) is 64.6 Å². The monoisotopic (exact) mass is 615 g/mol. The van der Waals surface area contributed by atoms with Crippen molar-refractivity contribution in [2.75, 3.05) is 0 Å². The molecule has 0 aliphatic heterocycles. The van der Waals surface area contributed by atoms with Crippen LogP contribution >= 0.6 is 0 Å². The maximum atomic E-state index is 6.84. The van der Waals surface area contributed by atoms with E-state index < -0.39 is 12.3 Å². The van der Waals surface area contributed by atoms with E-state index in [-0.39, 0.29) is 0 Å². The van der Waals surface area contributed by atoms with Crippen LogP contribution in [0, 0.1) is 0 Å². The molecule has 0 amide bonds. The highest BCUT2D eigenvalue weighted by molar-refractivity contribution is 6.25. The number of hydrogen-bond donors (Lipinski definition) is 2. The molecule has 0 fully saturated rings. The molecular weight excluding hydrogens is 583 g/mol. The quantitative estimate of drug-likeness (QED) is 0.0846. The highest BCUT2D eigenvalue weighted by Gasteiger charge is 2.18. The van der Waals surface area contributed by atoms with Crippen LogP contribution in [0.1, 0.15) is 29.0 Å². The van der Waals surface area contributed by atoms with Crippen LogP contribution in [-0.4, -0.2) is 6.21 Å². The molecule has 0 aliphatic carbocycles. The Morgan fingerprint density at radius 3 is 1.65 bits per heavy atom. The van der Waals surface area contributed by atoms with Gasteiger partial charge in [0.05, 0.1) is 6.17 Å². The van der Waals surface area contributed by atoms with E-state index in [1.165, 1.54) is 64.6 Å². The number of rotatable bonds is 6. The topological polar surface area (TPSA) is 50.4 Å². The molecule has 0 bridgehead atoms. The van der Waals surface area contributed by atoms with E-state index in [0.717, 1.165) is 16.7 Å². The molecule has 3 heteroatoms.